The summed E-state index contributed by atoms with van der Waals surface area (Å²) in [6, 6.07) is 12.8. The molecule has 0 saturated carbocycles. The molecule has 0 aliphatic carbocycles. The molecule has 4 heteroatoms. The third-order valence-corrected chi connectivity index (χ3v) is 3.54. The van der Waals surface area contributed by atoms with E-state index in [4.69, 9.17) is 9.47 Å². The highest BCUT2D eigenvalue weighted by Gasteiger charge is 2.22. The van der Waals surface area contributed by atoms with E-state index >= 15 is 0 Å². The average Bonchev–Trinajstić information content (AvgIpc) is 2.88. The Balaban J connectivity index is 1.58. The van der Waals surface area contributed by atoms with Crippen LogP contribution in [0.25, 0.3) is 0 Å². The van der Waals surface area contributed by atoms with Gasteiger partial charge in [-0.05, 0) is 35.9 Å². The van der Waals surface area contributed by atoms with E-state index in [9.17, 15) is 4.39 Å². The second-order valence-electron chi connectivity index (χ2n) is 5.21. The molecule has 3 nitrogen and oxygen atoms in total. The van der Waals surface area contributed by atoms with Crippen LogP contribution in [0, 0.1) is 5.82 Å². The summed E-state index contributed by atoms with van der Waals surface area (Å²) in [5.41, 5.74) is 3.10. The highest BCUT2D eigenvalue weighted by atomic mass is 19.1. The van der Waals surface area contributed by atoms with E-state index in [1.165, 1.54) is 6.07 Å². The largest absolute Gasteiger partial charge is 0.488 e. The molecule has 1 heterocycles. The van der Waals surface area contributed by atoms with Gasteiger partial charge in [-0.15, -0.1) is 0 Å². The first kappa shape index (κ1) is 13.9. The van der Waals surface area contributed by atoms with Crippen LogP contribution >= 0.6 is 0 Å². The smallest absolute Gasteiger partial charge is 0.123 e. The van der Waals surface area contributed by atoms with Crippen molar-refractivity contribution in [2.24, 2.45) is 0 Å². The Labute approximate surface area is 123 Å². The quantitative estimate of drug-likeness (QED) is 0.914. The zero-order chi connectivity index (χ0) is 14.7. The van der Waals surface area contributed by atoms with Crippen LogP contribution in [0.5, 0.6) is 5.75 Å². The highest BCUT2D eigenvalue weighted by molar-refractivity contribution is 5.46. The molecule has 0 bridgehead atoms. The minimum Gasteiger partial charge on any atom is -0.488 e. The Morgan fingerprint density at radius 3 is 3.05 bits per heavy atom. The fourth-order valence-electron chi connectivity index (χ4n) is 2.57. The maximum Gasteiger partial charge on any atom is 0.123 e. The second-order valence-corrected chi connectivity index (χ2v) is 5.21. The Bertz CT molecular complexity index is 630. The van der Waals surface area contributed by atoms with Gasteiger partial charge in [-0.3, -0.25) is 0 Å². The molecule has 1 unspecified atom stereocenters. The Hall–Kier alpha value is -2.07. The fraction of sp³-hybridized carbons (Fsp3) is 0.294. The Kier molecular flexibility index (Phi) is 4.06. The number of rotatable bonds is 5. The first-order chi connectivity index (χ1) is 10.2. The first-order valence-electron chi connectivity index (χ1n) is 7.01. The van der Waals surface area contributed by atoms with Crippen molar-refractivity contribution in [3.63, 3.8) is 0 Å². The molecular weight excluding hydrogens is 269 g/mol. The van der Waals surface area contributed by atoms with E-state index in [1.807, 2.05) is 18.2 Å². The van der Waals surface area contributed by atoms with Gasteiger partial charge in [0.05, 0.1) is 13.2 Å². The van der Waals surface area contributed by atoms with Crippen LogP contribution in [0.15, 0.2) is 42.5 Å². The monoisotopic (exact) mass is 287 g/mol. The van der Waals surface area contributed by atoms with Gasteiger partial charge >= 0.3 is 0 Å². The molecule has 0 spiro atoms. The number of nitrogens with one attached hydrogen (secondary N) is 1. The van der Waals surface area contributed by atoms with E-state index in [-0.39, 0.29) is 11.9 Å². The number of hydrogen-bond donors (Lipinski definition) is 1. The normalized spacial score (nSPS) is 16.4. The van der Waals surface area contributed by atoms with Crippen molar-refractivity contribution in [1.29, 1.82) is 0 Å². The van der Waals surface area contributed by atoms with Crippen LogP contribution in [0.4, 0.5) is 10.1 Å². The summed E-state index contributed by atoms with van der Waals surface area (Å²) in [7, 11) is 1.68. The van der Waals surface area contributed by atoms with Crippen molar-refractivity contribution < 1.29 is 13.9 Å². The molecule has 0 aromatic heterocycles. The number of benzene rings is 2. The standard InChI is InChI=1S/C17H18FNO2/c1-20-11-12-3-2-4-15(7-12)19-10-16-9-13-8-14(18)5-6-17(13)21-16/h2-8,16,19H,9-11H2,1H3. The van der Waals surface area contributed by atoms with Crippen LogP contribution in [0.3, 0.4) is 0 Å². The molecule has 21 heavy (non-hydrogen) atoms. The third kappa shape index (κ3) is 3.34. The van der Waals surface area contributed by atoms with Crippen molar-refractivity contribution in [1.82, 2.24) is 0 Å². The fourth-order valence-corrected chi connectivity index (χ4v) is 2.57. The molecule has 0 fully saturated rings. The van der Waals surface area contributed by atoms with Crippen LogP contribution in [-0.2, 0) is 17.8 Å². The van der Waals surface area contributed by atoms with E-state index < -0.39 is 0 Å². The summed E-state index contributed by atoms with van der Waals surface area (Å²) in [6.45, 7) is 1.28. The lowest BCUT2D eigenvalue weighted by Crippen LogP contribution is -2.23. The van der Waals surface area contributed by atoms with Gasteiger partial charge in [0, 0.05) is 24.8 Å². The van der Waals surface area contributed by atoms with Gasteiger partial charge in [0.25, 0.3) is 0 Å². The summed E-state index contributed by atoms with van der Waals surface area (Å²) in [4.78, 5) is 0. The number of anilines is 1. The van der Waals surface area contributed by atoms with E-state index in [2.05, 4.69) is 11.4 Å². The van der Waals surface area contributed by atoms with Crippen molar-refractivity contribution in [3.8, 4) is 5.75 Å². The molecule has 1 aliphatic rings. The minimum atomic E-state index is -0.210. The molecule has 3 rings (SSSR count). The van der Waals surface area contributed by atoms with E-state index in [0.29, 0.717) is 13.2 Å². The highest BCUT2D eigenvalue weighted by Crippen LogP contribution is 2.29. The van der Waals surface area contributed by atoms with Crippen LogP contribution in [-0.4, -0.2) is 19.8 Å². The predicted octanol–water partition coefficient (Wildman–Crippen LogP) is 3.39. The first-order valence-corrected chi connectivity index (χ1v) is 7.01. The summed E-state index contributed by atoms with van der Waals surface area (Å²) in [5, 5.41) is 3.36. The summed E-state index contributed by atoms with van der Waals surface area (Å²) < 4.78 is 24.1. The van der Waals surface area contributed by atoms with Gasteiger partial charge in [-0.2, -0.15) is 0 Å². The van der Waals surface area contributed by atoms with Gasteiger partial charge in [-0.1, -0.05) is 12.1 Å². The third-order valence-electron chi connectivity index (χ3n) is 3.54. The topological polar surface area (TPSA) is 30.5 Å². The predicted molar refractivity (Wildman–Crippen MR) is 80.2 cm³/mol. The van der Waals surface area contributed by atoms with Crippen molar-refractivity contribution >= 4 is 5.69 Å². The van der Waals surface area contributed by atoms with Crippen LogP contribution in [0.2, 0.25) is 0 Å². The van der Waals surface area contributed by atoms with Gasteiger partial charge in [0.15, 0.2) is 0 Å². The van der Waals surface area contributed by atoms with Gasteiger partial charge in [0.1, 0.15) is 17.7 Å². The average molecular weight is 287 g/mol. The molecule has 0 saturated heterocycles. The summed E-state index contributed by atoms with van der Waals surface area (Å²) in [5.74, 6) is 0.578. The van der Waals surface area contributed by atoms with Gasteiger partial charge < -0.3 is 14.8 Å². The zero-order valence-electron chi connectivity index (χ0n) is 11.9. The lowest BCUT2D eigenvalue weighted by Gasteiger charge is -2.13. The lowest BCUT2D eigenvalue weighted by molar-refractivity contribution is 0.185. The maximum atomic E-state index is 13.2. The molecule has 2 aromatic rings. The number of fused-ring (bicyclic) bond motifs is 1. The lowest BCUT2D eigenvalue weighted by atomic mass is 10.1. The molecule has 0 amide bonds. The van der Waals surface area contributed by atoms with Crippen molar-refractivity contribution in [2.45, 2.75) is 19.1 Å². The molecule has 1 aliphatic heterocycles. The molecule has 1 atom stereocenters. The number of hydrogen-bond acceptors (Lipinski definition) is 3. The Morgan fingerprint density at radius 2 is 2.19 bits per heavy atom. The van der Waals surface area contributed by atoms with Crippen LogP contribution in [0.1, 0.15) is 11.1 Å². The molecule has 1 N–H and O–H groups in total. The molecule has 0 radical (unpaired) electrons. The summed E-state index contributed by atoms with van der Waals surface area (Å²) >= 11 is 0. The molecule has 110 valence electrons. The molecular formula is C17H18FNO2. The molecule has 2 aromatic carbocycles. The van der Waals surface area contributed by atoms with E-state index in [0.717, 1.165) is 29.0 Å². The number of halogens is 1. The Morgan fingerprint density at radius 1 is 1.29 bits per heavy atom. The van der Waals surface area contributed by atoms with Crippen LogP contribution < -0.4 is 10.1 Å². The number of methoxy groups -OCH3 is 1. The number of ether oxygens (including phenoxy) is 2. The SMILES string of the molecule is COCc1cccc(NCC2Cc3cc(F)ccc3O2)c1. The zero-order valence-corrected chi connectivity index (χ0v) is 11.9. The maximum absolute atomic E-state index is 13.2. The van der Waals surface area contributed by atoms with Gasteiger partial charge in [0.2, 0.25) is 0 Å². The van der Waals surface area contributed by atoms with E-state index in [1.54, 1.807) is 19.2 Å². The van der Waals surface area contributed by atoms with Crippen molar-refractivity contribution in [2.75, 3.05) is 19.0 Å². The van der Waals surface area contributed by atoms with Gasteiger partial charge in [-0.25, -0.2) is 4.39 Å². The second kappa shape index (κ2) is 6.14. The minimum absolute atomic E-state index is 0.0351. The van der Waals surface area contributed by atoms with Crippen molar-refractivity contribution in [3.05, 3.63) is 59.4 Å². The summed E-state index contributed by atoms with van der Waals surface area (Å²) in [6.07, 6.45) is 0.769.